The van der Waals surface area contributed by atoms with Gasteiger partial charge in [-0.05, 0) is 31.5 Å². The lowest BCUT2D eigenvalue weighted by Gasteiger charge is -2.29. The highest BCUT2D eigenvalue weighted by Gasteiger charge is 2.37. The minimum Gasteiger partial charge on any atom is -0.493 e. The number of benzene rings is 1. The van der Waals surface area contributed by atoms with Crippen molar-refractivity contribution in [3.63, 3.8) is 0 Å². The molecule has 0 spiro atoms. The maximum atomic E-state index is 11.8. The van der Waals surface area contributed by atoms with Crippen molar-refractivity contribution in [2.24, 2.45) is 11.1 Å². The van der Waals surface area contributed by atoms with Crippen LogP contribution in [0.2, 0.25) is 0 Å². The van der Waals surface area contributed by atoms with Crippen LogP contribution in [0.5, 0.6) is 17.2 Å². The number of hydrogen-bond acceptors (Lipinski definition) is 6. The SMILES string of the molecule is COC(=O)C(C)(C)[C@@H](N)c1cc(OC)c2c(c1)OCO2.Cl. The first kappa shape index (κ1) is 17.4. The van der Waals surface area contributed by atoms with E-state index >= 15 is 0 Å². The minimum atomic E-state index is -0.868. The smallest absolute Gasteiger partial charge is 0.313 e. The summed E-state index contributed by atoms with van der Waals surface area (Å²) in [7, 11) is 2.88. The van der Waals surface area contributed by atoms with Crippen LogP contribution in [0.1, 0.15) is 25.5 Å². The first-order valence-corrected chi connectivity index (χ1v) is 6.23. The lowest BCUT2D eigenvalue weighted by Crippen LogP contribution is -2.37. The Morgan fingerprint density at radius 3 is 2.57 bits per heavy atom. The van der Waals surface area contributed by atoms with Crippen molar-refractivity contribution < 1.29 is 23.7 Å². The molecule has 7 heteroatoms. The number of nitrogens with two attached hydrogens (primary N) is 1. The van der Waals surface area contributed by atoms with Gasteiger partial charge in [-0.2, -0.15) is 0 Å². The fraction of sp³-hybridized carbons (Fsp3) is 0.500. The molecule has 0 radical (unpaired) electrons. The number of rotatable bonds is 4. The molecule has 0 bridgehead atoms. The van der Waals surface area contributed by atoms with Crippen LogP contribution in [0, 0.1) is 5.41 Å². The third kappa shape index (κ3) is 3.01. The van der Waals surface area contributed by atoms with Gasteiger partial charge in [0.15, 0.2) is 11.5 Å². The minimum absolute atomic E-state index is 0. The lowest BCUT2D eigenvalue weighted by atomic mass is 9.81. The van der Waals surface area contributed by atoms with Crippen LogP contribution in [0.25, 0.3) is 0 Å². The second kappa shape index (κ2) is 6.41. The average Bonchev–Trinajstić information content (AvgIpc) is 2.92. The zero-order chi connectivity index (χ0) is 14.9. The van der Waals surface area contributed by atoms with Gasteiger partial charge in [0.2, 0.25) is 12.5 Å². The standard InChI is InChI=1S/C14H19NO5.ClH/c1-14(2,13(16)18-4)12(15)8-5-9(17-3)11-10(6-8)19-7-20-11;/h5-6,12H,7,15H2,1-4H3;1H/t12-;/m0./s1. The molecule has 118 valence electrons. The summed E-state index contributed by atoms with van der Waals surface area (Å²) in [6.07, 6.45) is 0. The summed E-state index contributed by atoms with van der Waals surface area (Å²) >= 11 is 0. The predicted octanol–water partition coefficient (Wildman–Crippen LogP) is 2.04. The van der Waals surface area contributed by atoms with Gasteiger partial charge in [-0.25, -0.2) is 0 Å². The van der Waals surface area contributed by atoms with Gasteiger partial charge in [-0.3, -0.25) is 4.79 Å². The van der Waals surface area contributed by atoms with Crippen molar-refractivity contribution in [1.82, 2.24) is 0 Å². The number of hydrogen-bond donors (Lipinski definition) is 1. The Morgan fingerprint density at radius 2 is 2.00 bits per heavy atom. The molecule has 2 rings (SSSR count). The molecule has 0 amide bonds. The van der Waals surface area contributed by atoms with Crippen molar-refractivity contribution in [3.05, 3.63) is 17.7 Å². The fourth-order valence-corrected chi connectivity index (χ4v) is 2.14. The zero-order valence-corrected chi connectivity index (χ0v) is 13.3. The highest BCUT2D eigenvalue weighted by atomic mass is 35.5. The van der Waals surface area contributed by atoms with Crippen LogP contribution in [-0.4, -0.2) is 27.0 Å². The van der Waals surface area contributed by atoms with E-state index in [2.05, 4.69) is 0 Å². The van der Waals surface area contributed by atoms with E-state index in [0.717, 1.165) is 5.56 Å². The van der Waals surface area contributed by atoms with Crippen LogP contribution in [0.15, 0.2) is 12.1 Å². The molecule has 1 aliphatic heterocycles. The van der Waals surface area contributed by atoms with E-state index in [1.807, 2.05) is 0 Å². The van der Waals surface area contributed by atoms with E-state index in [0.29, 0.717) is 17.2 Å². The van der Waals surface area contributed by atoms with Crippen molar-refractivity contribution >= 4 is 18.4 Å². The zero-order valence-electron chi connectivity index (χ0n) is 12.5. The van der Waals surface area contributed by atoms with Gasteiger partial charge < -0.3 is 24.7 Å². The van der Waals surface area contributed by atoms with Crippen LogP contribution in [-0.2, 0) is 9.53 Å². The van der Waals surface area contributed by atoms with Crippen LogP contribution < -0.4 is 19.9 Å². The maximum absolute atomic E-state index is 11.8. The van der Waals surface area contributed by atoms with Gasteiger partial charge in [-0.15, -0.1) is 12.4 Å². The summed E-state index contributed by atoms with van der Waals surface area (Å²) in [4.78, 5) is 11.8. The molecular weight excluding hydrogens is 298 g/mol. The van der Waals surface area contributed by atoms with E-state index in [9.17, 15) is 4.79 Å². The number of carbonyl (C=O) groups excluding carboxylic acids is 1. The monoisotopic (exact) mass is 317 g/mol. The Bertz CT molecular complexity index is 532. The molecule has 1 aromatic rings. The third-order valence-electron chi connectivity index (χ3n) is 3.53. The van der Waals surface area contributed by atoms with E-state index in [1.54, 1.807) is 26.0 Å². The number of esters is 1. The number of halogens is 1. The second-order valence-electron chi connectivity index (χ2n) is 5.15. The lowest BCUT2D eigenvalue weighted by molar-refractivity contribution is -0.152. The molecule has 1 heterocycles. The van der Waals surface area contributed by atoms with Gasteiger partial charge >= 0.3 is 5.97 Å². The third-order valence-corrected chi connectivity index (χ3v) is 3.53. The molecule has 0 aliphatic carbocycles. The van der Waals surface area contributed by atoms with E-state index in [-0.39, 0.29) is 25.2 Å². The van der Waals surface area contributed by atoms with Crippen molar-refractivity contribution in [2.75, 3.05) is 21.0 Å². The van der Waals surface area contributed by atoms with Crippen LogP contribution in [0.4, 0.5) is 0 Å². The van der Waals surface area contributed by atoms with E-state index in [1.165, 1.54) is 14.2 Å². The first-order chi connectivity index (χ1) is 9.41. The quantitative estimate of drug-likeness (QED) is 0.856. The summed E-state index contributed by atoms with van der Waals surface area (Å²) in [5, 5.41) is 0. The molecule has 2 N–H and O–H groups in total. The molecule has 1 atom stereocenters. The molecular formula is C14H20ClNO5. The number of fused-ring (bicyclic) bond motifs is 1. The first-order valence-electron chi connectivity index (χ1n) is 6.23. The molecule has 0 saturated heterocycles. The normalized spacial score (nSPS) is 14.1. The number of methoxy groups -OCH3 is 2. The summed E-state index contributed by atoms with van der Waals surface area (Å²) < 4.78 is 20.8. The molecule has 21 heavy (non-hydrogen) atoms. The molecule has 0 aromatic heterocycles. The molecule has 1 aliphatic rings. The highest BCUT2D eigenvalue weighted by Crippen LogP contribution is 2.45. The number of ether oxygens (including phenoxy) is 4. The van der Waals surface area contributed by atoms with Gasteiger partial charge in [-0.1, -0.05) is 0 Å². The van der Waals surface area contributed by atoms with Gasteiger partial charge in [0.1, 0.15) is 0 Å². The van der Waals surface area contributed by atoms with Crippen molar-refractivity contribution in [2.45, 2.75) is 19.9 Å². The van der Waals surface area contributed by atoms with Crippen molar-refractivity contribution in [1.29, 1.82) is 0 Å². The summed E-state index contributed by atoms with van der Waals surface area (Å²) in [6.45, 7) is 3.62. The van der Waals surface area contributed by atoms with E-state index in [4.69, 9.17) is 24.7 Å². The Morgan fingerprint density at radius 1 is 1.33 bits per heavy atom. The van der Waals surface area contributed by atoms with Gasteiger partial charge in [0.25, 0.3) is 0 Å². The van der Waals surface area contributed by atoms with E-state index < -0.39 is 11.5 Å². The van der Waals surface area contributed by atoms with Crippen molar-refractivity contribution in [3.8, 4) is 17.2 Å². The largest absolute Gasteiger partial charge is 0.493 e. The summed E-state index contributed by atoms with van der Waals surface area (Å²) in [5.74, 6) is 1.28. The van der Waals surface area contributed by atoms with Crippen LogP contribution >= 0.6 is 12.4 Å². The topological polar surface area (TPSA) is 80.0 Å². The van der Waals surface area contributed by atoms with Gasteiger partial charge in [0, 0.05) is 6.04 Å². The molecule has 6 nitrogen and oxygen atoms in total. The predicted molar refractivity (Wildman–Crippen MR) is 79.1 cm³/mol. The second-order valence-corrected chi connectivity index (χ2v) is 5.15. The Kier molecular flexibility index (Phi) is 5.31. The molecule has 0 saturated carbocycles. The summed E-state index contributed by atoms with van der Waals surface area (Å²) in [5.41, 5.74) is 6.07. The summed E-state index contributed by atoms with van der Waals surface area (Å²) in [6, 6.07) is 2.96. The Balaban J connectivity index is 0.00000220. The maximum Gasteiger partial charge on any atom is 0.313 e. The molecule has 1 aromatic carbocycles. The van der Waals surface area contributed by atoms with Gasteiger partial charge in [0.05, 0.1) is 19.6 Å². The highest BCUT2D eigenvalue weighted by molar-refractivity contribution is 5.85. The Hall–Kier alpha value is -1.66. The number of carbonyl (C=O) groups is 1. The average molecular weight is 318 g/mol. The molecule has 0 fully saturated rings. The van der Waals surface area contributed by atoms with Crippen LogP contribution in [0.3, 0.4) is 0 Å². The molecule has 0 unspecified atom stereocenters. The Labute approximate surface area is 129 Å². The fourth-order valence-electron chi connectivity index (χ4n) is 2.14.